The number of H-pyrrole nitrogens is 1. The summed E-state index contributed by atoms with van der Waals surface area (Å²) in [6.07, 6.45) is 1.66. The molecular weight excluding hydrogens is 392 g/mol. The molecule has 4 rings (SSSR count). The molecule has 4 aromatic rings. The number of rotatable bonds is 3. The number of pyridine rings is 1. The van der Waals surface area contributed by atoms with Gasteiger partial charge in [0, 0.05) is 24.4 Å². The van der Waals surface area contributed by atoms with Crippen LogP contribution < -0.4 is 11.0 Å². The van der Waals surface area contributed by atoms with Crippen molar-refractivity contribution in [3.63, 3.8) is 0 Å². The van der Waals surface area contributed by atoms with E-state index in [0.717, 1.165) is 16.7 Å². The summed E-state index contributed by atoms with van der Waals surface area (Å²) >= 11 is 0. The second kappa shape index (κ2) is 7.43. The Bertz CT molecular complexity index is 1360. The standard InChI is InChI=1S/C24H24N4O3/c1-24(2,3)17-8-9-20(29)18(12-17)26-22(30)15-7-5-6-14(10-15)16-11-19-21(25-13-16)27-23(31)28(19)4/h5-13,29H,1-4H3,(H,26,30)(H,25,27,31). The summed E-state index contributed by atoms with van der Waals surface area (Å²) in [4.78, 5) is 31.7. The van der Waals surface area contributed by atoms with E-state index in [0.29, 0.717) is 22.4 Å². The van der Waals surface area contributed by atoms with Gasteiger partial charge in [0.25, 0.3) is 5.91 Å². The van der Waals surface area contributed by atoms with Crippen molar-refractivity contribution in [2.24, 2.45) is 7.05 Å². The molecule has 0 saturated carbocycles. The molecule has 0 aliphatic rings. The zero-order valence-electron chi connectivity index (χ0n) is 17.9. The second-order valence-corrected chi connectivity index (χ2v) is 8.60. The largest absolute Gasteiger partial charge is 0.506 e. The van der Waals surface area contributed by atoms with Crippen LogP contribution in [0.15, 0.2) is 59.5 Å². The number of fused-ring (bicyclic) bond motifs is 1. The quantitative estimate of drug-likeness (QED) is 0.436. The van der Waals surface area contributed by atoms with E-state index >= 15 is 0 Å². The van der Waals surface area contributed by atoms with Gasteiger partial charge in [-0.2, -0.15) is 0 Å². The number of carbonyl (C=O) groups is 1. The number of hydrogen-bond acceptors (Lipinski definition) is 4. The van der Waals surface area contributed by atoms with E-state index in [1.54, 1.807) is 43.6 Å². The van der Waals surface area contributed by atoms with Crippen molar-refractivity contribution >= 4 is 22.8 Å². The number of aromatic nitrogens is 3. The number of nitrogens with zero attached hydrogens (tertiary/aromatic N) is 2. The average molecular weight is 416 g/mol. The Balaban J connectivity index is 1.65. The Kier molecular flexibility index (Phi) is 4.89. The van der Waals surface area contributed by atoms with Gasteiger partial charge < -0.3 is 10.4 Å². The number of anilines is 1. The number of carbonyl (C=O) groups excluding carboxylic acids is 1. The van der Waals surface area contributed by atoms with Crippen molar-refractivity contribution in [3.8, 4) is 16.9 Å². The predicted molar refractivity (Wildman–Crippen MR) is 122 cm³/mol. The molecule has 158 valence electrons. The van der Waals surface area contributed by atoms with Gasteiger partial charge in [0.1, 0.15) is 5.75 Å². The fourth-order valence-electron chi connectivity index (χ4n) is 3.39. The van der Waals surface area contributed by atoms with Crippen LogP contribution in [0.1, 0.15) is 36.7 Å². The zero-order valence-corrected chi connectivity index (χ0v) is 17.9. The van der Waals surface area contributed by atoms with E-state index in [-0.39, 0.29) is 22.8 Å². The molecule has 0 aliphatic carbocycles. The van der Waals surface area contributed by atoms with Gasteiger partial charge in [0.15, 0.2) is 5.65 Å². The van der Waals surface area contributed by atoms with Gasteiger partial charge in [0.05, 0.1) is 11.2 Å². The molecule has 0 fully saturated rings. The number of phenols is 1. The van der Waals surface area contributed by atoms with Gasteiger partial charge in [-0.25, -0.2) is 9.78 Å². The first-order chi connectivity index (χ1) is 14.6. The summed E-state index contributed by atoms with van der Waals surface area (Å²) in [7, 11) is 1.68. The molecule has 2 heterocycles. The van der Waals surface area contributed by atoms with Crippen LogP contribution in [0.3, 0.4) is 0 Å². The highest BCUT2D eigenvalue weighted by molar-refractivity contribution is 6.05. The molecule has 0 unspecified atom stereocenters. The Morgan fingerprint density at radius 3 is 2.61 bits per heavy atom. The van der Waals surface area contributed by atoms with E-state index in [4.69, 9.17) is 0 Å². The first-order valence-corrected chi connectivity index (χ1v) is 9.93. The minimum Gasteiger partial charge on any atom is -0.506 e. The molecule has 0 saturated heterocycles. The molecular formula is C24H24N4O3. The topological polar surface area (TPSA) is 100 Å². The number of imidazole rings is 1. The molecule has 31 heavy (non-hydrogen) atoms. The summed E-state index contributed by atoms with van der Waals surface area (Å²) in [5, 5.41) is 13.0. The third-order valence-electron chi connectivity index (χ3n) is 5.33. The van der Waals surface area contributed by atoms with E-state index < -0.39 is 0 Å². The summed E-state index contributed by atoms with van der Waals surface area (Å²) in [5.41, 5.74) is 4.25. The molecule has 2 aromatic heterocycles. The minimum atomic E-state index is -0.328. The number of amides is 1. The van der Waals surface area contributed by atoms with Crippen LogP contribution in [-0.2, 0) is 12.5 Å². The van der Waals surface area contributed by atoms with Gasteiger partial charge in [-0.1, -0.05) is 39.0 Å². The van der Waals surface area contributed by atoms with Crippen molar-refractivity contribution in [2.75, 3.05) is 5.32 Å². The van der Waals surface area contributed by atoms with Gasteiger partial charge in [-0.3, -0.25) is 14.3 Å². The first kappa shape index (κ1) is 20.4. The van der Waals surface area contributed by atoms with Crippen LogP contribution in [0.2, 0.25) is 0 Å². The summed E-state index contributed by atoms with van der Waals surface area (Å²) in [6.45, 7) is 6.21. The Morgan fingerprint density at radius 2 is 1.87 bits per heavy atom. The third-order valence-corrected chi connectivity index (χ3v) is 5.33. The summed E-state index contributed by atoms with van der Waals surface area (Å²) in [6, 6.07) is 14.2. The van der Waals surface area contributed by atoms with Gasteiger partial charge in [-0.15, -0.1) is 0 Å². The van der Waals surface area contributed by atoms with Crippen molar-refractivity contribution in [3.05, 3.63) is 76.3 Å². The van der Waals surface area contributed by atoms with Gasteiger partial charge in [-0.05, 0) is 46.9 Å². The zero-order chi connectivity index (χ0) is 22.3. The number of nitrogens with one attached hydrogen (secondary N) is 2. The predicted octanol–water partition coefficient (Wildman–Crippen LogP) is 4.18. The average Bonchev–Trinajstić information content (AvgIpc) is 3.02. The lowest BCUT2D eigenvalue weighted by atomic mass is 9.87. The lowest BCUT2D eigenvalue weighted by molar-refractivity contribution is 0.102. The maximum absolute atomic E-state index is 12.9. The minimum absolute atomic E-state index is 0.0144. The van der Waals surface area contributed by atoms with Crippen LogP contribution in [0.5, 0.6) is 5.75 Å². The van der Waals surface area contributed by atoms with Gasteiger partial charge in [0.2, 0.25) is 0 Å². The number of aromatic hydroxyl groups is 1. The maximum Gasteiger partial charge on any atom is 0.327 e. The van der Waals surface area contributed by atoms with Crippen LogP contribution in [0.4, 0.5) is 5.69 Å². The highest BCUT2D eigenvalue weighted by Crippen LogP contribution is 2.31. The van der Waals surface area contributed by atoms with Gasteiger partial charge >= 0.3 is 5.69 Å². The van der Waals surface area contributed by atoms with Crippen LogP contribution in [0, 0.1) is 0 Å². The number of aryl methyl sites for hydroxylation is 1. The maximum atomic E-state index is 12.9. The molecule has 0 aliphatic heterocycles. The third kappa shape index (κ3) is 3.94. The molecule has 1 amide bonds. The van der Waals surface area contributed by atoms with Crippen molar-refractivity contribution in [1.82, 2.24) is 14.5 Å². The second-order valence-electron chi connectivity index (χ2n) is 8.60. The molecule has 0 atom stereocenters. The van der Waals surface area contributed by atoms with Crippen LogP contribution in [-0.4, -0.2) is 25.5 Å². The lowest BCUT2D eigenvalue weighted by Crippen LogP contribution is -2.15. The smallest absolute Gasteiger partial charge is 0.327 e. The molecule has 0 radical (unpaired) electrons. The normalized spacial score (nSPS) is 11.6. The van der Waals surface area contributed by atoms with E-state index in [9.17, 15) is 14.7 Å². The van der Waals surface area contributed by atoms with E-state index in [1.807, 2.05) is 18.2 Å². The number of benzene rings is 2. The highest BCUT2D eigenvalue weighted by atomic mass is 16.3. The summed E-state index contributed by atoms with van der Waals surface area (Å²) in [5.74, 6) is -0.313. The van der Waals surface area contributed by atoms with Crippen LogP contribution >= 0.6 is 0 Å². The first-order valence-electron chi connectivity index (χ1n) is 9.93. The van der Waals surface area contributed by atoms with E-state index in [1.165, 1.54) is 4.57 Å². The molecule has 7 nitrogen and oxygen atoms in total. The van der Waals surface area contributed by atoms with Crippen molar-refractivity contribution < 1.29 is 9.90 Å². The highest BCUT2D eigenvalue weighted by Gasteiger charge is 2.17. The molecule has 0 bridgehead atoms. The van der Waals surface area contributed by atoms with E-state index in [2.05, 4.69) is 36.1 Å². The fourth-order valence-corrected chi connectivity index (χ4v) is 3.39. The fraction of sp³-hybridized carbons (Fsp3) is 0.208. The molecule has 0 spiro atoms. The Morgan fingerprint density at radius 1 is 1.10 bits per heavy atom. The summed E-state index contributed by atoms with van der Waals surface area (Å²) < 4.78 is 1.49. The Hall–Kier alpha value is -3.87. The molecule has 3 N–H and O–H groups in total. The lowest BCUT2D eigenvalue weighted by Gasteiger charge is -2.20. The molecule has 7 heteroatoms. The SMILES string of the molecule is Cn1c(=O)[nH]c2ncc(-c3cccc(C(=O)Nc4cc(C(C)(C)C)ccc4O)c3)cc21. The molecule has 2 aromatic carbocycles. The van der Waals surface area contributed by atoms with Crippen molar-refractivity contribution in [2.45, 2.75) is 26.2 Å². The number of hydrogen-bond donors (Lipinski definition) is 3. The monoisotopic (exact) mass is 416 g/mol. The number of phenolic OH excluding ortho intramolecular Hbond substituents is 1. The Labute approximate surface area is 179 Å². The van der Waals surface area contributed by atoms with Crippen LogP contribution in [0.25, 0.3) is 22.3 Å². The number of aromatic amines is 1. The van der Waals surface area contributed by atoms with Crippen molar-refractivity contribution in [1.29, 1.82) is 0 Å².